The molecule has 1 amide bonds. The van der Waals surface area contributed by atoms with E-state index in [4.69, 9.17) is 0 Å². The number of carbonyl (C=O) groups is 1. The SMILES string of the molecule is CCCCCCN(Cc1ccccc1)C(=O)[C@@H](C)C(O)(c1ccccc1)c1ccccc1. The molecular formula is C29H35NO2. The highest BCUT2D eigenvalue weighted by Gasteiger charge is 2.43. The number of aliphatic hydroxyl groups is 1. The summed E-state index contributed by atoms with van der Waals surface area (Å²) in [7, 11) is 0. The molecule has 0 aromatic heterocycles. The van der Waals surface area contributed by atoms with Crippen LogP contribution in [0.25, 0.3) is 0 Å². The minimum Gasteiger partial charge on any atom is -0.380 e. The Balaban J connectivity index is 1.92. The van der Waals surface area contributed by atoms with Gasteiger partial charge in [-0.25, -0.2) is 0 Å². The van der Waals surface area contributed by atoms with Crippen LogP contribution in [0.2, 0.25) is 0 Å². The lowest BCUT2D eigenvalue weighted by Crippen LogP contribution is -2.46. The molecule has 0 aliphatic heterocycles. The Morgan fingerprint density at radius 2 is 1.31 bits per heavy atom. The van der Waals surface area contributed by atoms with E-state index in [1.165, 1.54) is 6.42 Å². The normalized spacial score (nSPS) is 12.3. The molecule has 3 aromatic rings. The summed E-state index contributed by atoms with van der Waals surface area (Å²) in [6.45, 7) is 5.29. The summed E-state index contributed by atoms with van der Waals surface area (Å²) in [6, 6.07) is 29.2. The van der Waals surface area contributed by atoms with Crippen LogP contribution < -0.4 is 0 Å². The number of carbonyl (C=O) groups excluding carboxylic acids is 1. The Morgan fingerprint density at radius 1 is 0.812 bits per heavy atom. The largest absolute Gasteiger partial charge is 0.380 e. The van der Waals surface area contributed by atoms with E-state index in [0.717, 1.165) is 36.0 Å². The van der Waals surface area contributed by atoms with E-state index in [0.29, 0.717) is 13.1 Å². The molecule has 0 spiro atoms. The number of amides is 1. The van der Waals surface area contributed by atoms with Crippen molar-refractivity contribution in [3.63, 3.8) is 0 Å². The molecule has 3 aromatic carbocycles. The van der Waals surface area contributed by atoms with Crippen molar-refractivity contribution in [2.24, 2.45) is 5.92 Å². The highest BCUT2D eigenvalue weighted by Crippen LogP contribution is 2.38. The molecule has 3 rings (SSSR count). The van der Waals surface area contributed by atoms with Gasteiger partial charge in [-0.2, -0.15) is 0 Å². The summed E-state index contributed by atoms with van der Waals surface area (Å²) in [4.78, 5) is 15.8. The third-order valence-corrected chi connectivity index (χ3v) is 6.23. The van der Waals surface area contributed by atoms with E-state index in [-0.39, 0.29) is 5.91 Å². The lowest BCUT2D eigenvalue weighted by Gasteiger charge is -2.37. The fraction of sp³-hybridized carbons (Fsp3) is 0.345. The van der Waals surface area contributed by atoms with Gasteiger partial charge in [0.05, 0.1) is 5.92 Å². The average Bonchev–Trinajstić information content (AvgIpc) is 2.86. The van der Waals surface area contributed by atoms with Crippen LogP contribution in [0.5, 0.6) is 0 Å². The van der Waals surface area contributed by atoms with Gasteiger partial charge in [0.2, 0.25) is 5.91 Å². The van der Waals surface area contributed by atoms with Crippen LogP contribution in [0.15, 0.2) is 91.0 Å². The van der Waals surface area contributed by atoms with Crippen LogP contribution in [0.4, 0.5) is 0 Å². The minimum absolute atomic E-state index is 0.0273. The second kappa shape index (κ2) is 11.6. The summed E-state index contributed by atoms with van der Waals surface area (Å²) >= 11 is 0. The average molecular weight is 430 g/mol. The van der Waals surface area contributed by atoms with Crippen LogP contribution in [0.1, 0.15) is 56.2 Å². The van der Waals surface area contributed by atoms with Crippen molar-refractivity contribution in [1.82, 2.24) is 4.90 Å². The molecule has 0 fully saturated rings. The number of hydrogen-bond acceptors (Lipinski definition) is 2. The first-order chi connectivity index (χ1) is 15.6. The summed E-state index contributed by atoms with van der Waals surface area (Å²) < 4.78 is 0. The lowest BCUT2D eigenvalue weighted by molar-refractivity contribution is -0.143. The van der Waals surface area contributed by atoms with Gasteiger partial charge in [-0.05, 0) is 23.1 Å². The highest BCUT2D eigenvalue weighted by molar-refractivity contribution is 5.81. The number of nitrogens with zero attached hydrogens (tertiary/aromatic N) is 1. The smallest absolute Gasteiger partial charge is 0.229 e. The van der Waals surface area contributed by atoms with E-state index in [1.807, 2.05) is 90.7 Å². The maximum absolute atomic E-state index is 13.9. The quantitative estimate of drug-likeness (QED) is 0.370. The number of benzene rings is 3. The summed E-state index contributed by atoms with van der Waals surface area (Å²) in [5.74, 6) is -0.664. The fourth-order valence-electron chi connectivity index (χ4n) is 4.30. The van der Waals surface area contributed by atoms with Crippen molar-refractivity contribution < 1.29 is 9.90 Å². The maximum Gasteiger partial charge on any atom is 0.229 e. The second-order valence-corrected chi connectivity index (χ2v) is 8.53. The van der Waals surface area contributed by atoms with Gasteiger partial charge in [0.25, 0.3) is 0 Å². The van der Waals surface area contributed by atoms with Crippen LogP contribution in [0, 0.1) is 5.92 Å². The molecule has 0 bridgehead atoms. The van der Waals surface area contributed by atoms with Crippen molar-refractivity contribution >= 4 is 5.91 Å². The Kier molecular flexibility index (Phi) is 8.64. The maximum atomic E-state index is 13.9. The molecule has 3 nitrogen and oxygen atoms in total. The van der Waals surface area contributed by atoms with E-state index in [9.17, 15) is 9.90 Å². The monoisotopic (exact) mass is 429 g/mol. The predicted molar refractivity (Wildman–Crippen MR) is 131 cm³/mol. The molecule has 0 aliphatic rings. The van der Waals surface area contributed by atoms with Gasteiger partial charge in [0, 0.05) is 13.1 Å². The van der Waals surface area contributed by atoms with E-state index >= 15 is 0 Å². The predicted octanol–water partition coefficient (Wildman–Crippen LogP) is 6.17. The molecule has 0 radical (unpaired) electrons. The molecule has 1 N–H and O–H groups in total. The van der Waals surface area contributed by atoms with Crippen LogP contribution in [-0.4, -0.2) is 22.5 Å². The van der Waals surface area contributed by atoms with E-state index in [1.54, 1.807) is 0 Å². The topological polar surface area (TPSA) is 40.5 Å². The molecule has 3 heteroatoms. The van der Waals surface area contributed by atoms with Crippen LogP contribution >= 0.6 is 0 Å². The number of hydrogen-bond donors (Lipinski definition) is 1. The first kappa shape index (κ1) is 23.7. The van der Waals surface area contributed by atoms with E-state index in [2.05, 4.69) is 19.1 Å². The molecule has 0 saturated carbocycles. The Bertz CT molecular complexity index is 901. The molecule has 1 atom stereocenters. The van der Waals surface area contributed by atoms with Crippen molar-refractivity contribution in [1.29, 1.82) is 0 Å². The molecule has 0 heterocycles. The molecule has 0 aliphatic carbocycles. The molecule has 0 saturated heterocycles. The van der Waals surface area contributed by atoms with Gasteiger partial charge >= 0.3 is 0 Å². The highest BCUT2D eigenvalue weighted by atomic mass is 16.3. The van der Waals surface area contributed by atoms with Gasteiger partial charge < -0.3 is 10.0 Å². The van der Waals surface area contributed by atoms with Gasteiger partial charge in [-0.1, -0.05) is 124 Å². The van der Waals surface area contributed by atoms with Crippen molar-refractivity contribution in [3.8, 4) is 0 Å². The third-order valence-electron chi connectivity index (χ3n) is 6.23. The van der Waals surface area contributed by atoms with Gasteiger partial charge in [0.15, 0.2) is 0 Å². The molecular weight excluding hydrogens is 394 g/mol. The van der Waals surface area contributed by atoms with Crippen LogP contribution in [0.3, 0.4) is 0 Å². The summed E-state index contributed by atoms with van der Waals surface area (Å²) in [5.41, 5.74) is 1.17. The summed E-state index contributed by atoms with van der Waals surface area (Å²) in [5, 5.41) is 12.1. The lowest BCUT2D eigenvalue weighted by atomic mass is 9.76. The van der Waals surface area contributed by atoms with Crippen molar-refractivity contribution in [2.75, 3.05) is 6.54 Å². The number of rotatable bonds is 11. The zero-order valence-corrected chi connectivity index (χ0v) is 19.3. The zero-order valence-electron chi connectivity index (χ0n) is 19.3. The minimum atomic E-state index is -1.40. The Morgan fingerprint density at radius 3 is 1.81 bits per heavy atom. The zero-order chi connectivity index (χ0) is 22.8. The first-order valence-corrected chi connectivity index (χ1v) is 11.7. The molecule has 32 heavy (non-hydrogen) atoms. The Hall–Kier alpha value is -2.91. The van der Waals surface area contributed by atoms with Crippen molar-refractivity contribution in [3.05, 3.63) is 108 Å². The fourth-order valence-corrected chi connectivity index (χ4v) is 4.30. The summed E-state index contributed by atoms with van der Waals surface area (Å²) in [6.07, 6.45) is 4.39. The number of unbranched alkanes of at least 4 members (excludes halogenated alkanes) is 3. The molecule has 168 valence electrons. The van der Waals surface area contributed by atoms with Crippen LogP contribution in [-0.2, 0) is 16.9 Å². The standard InChI is InChI=1S/C29H35NO2/c1-3-4-5-15-22-30(23-25-16-9-6-10-17-25)28(31)24(2)29(32,26-18-11-7-12-19-26)27-20-13-8-14-21-27/h6-14,16-21,24,32H,3-5,15,22-23H2,1-2H3/t24-/m1/s1. The first-order valence-electron chi connectivity index (χ1n) is 11.7. The van der Waals surface area contributed by atoms with Gasteiger partial charge in [-0.3, -0.25) is 4.79 Å². The third kappa shape index (κ3) is 5.66. The second-order valence-electron chi connectivity index (χ2n) is 8.53. The Labute approximate surface area is 192 Å². The van der Waals surface area contributed by atoms with Crippen molar-refractivity contribution in [2.45, 2.75) is 51.7 Å². The van der Waals surface area contributed by atoms with Gasteiger partial charge in [-0.15, -0.1) is 0 Å². The van der Waals surface area contributed by atoms with E-state index < -0.39 is 11.5 Å². The molecule has 0 unspecified atom stereocenters. The van der Waals surface area contributed by atoms with Gasteiger partial charge in [0.1, 0.15) is 5.60 Å².